The summed E-state index contributed by atoms with van der Waals surface area (Å²) in [4.78, 5) is 26.9. The molecule has 3 rings (SSSR count). The Balaban J connectivity index is 1.76. The number of carbonyl (C=O) groups excluding carboxylic acids is 2. The summed E-state index contributed by atoms with van der Waals surface area (Å²) in [6, 6.07) is 14.9. The van der Waals surface area contributed by atoms with Crippen molar-refractivity contribution in [1.82, 2.24) is 4.98 Å². The number of amides is 1. The molecule has 2 N–H and O–H groups in total. The van der Waals surface area contributed by atoms with Gasteiger partial charge in [-0.2, -0.15) is 0 Å². The van der Waals surface area contributed by atoms with Crippen molar-refractivity contribution in [3.63, 3.8) is 0 Å². The predicted molar refractivity (Wildman–Crippen MR) is 91.8 cm³/mol. The average Bonchev–Trinajstić information content (AvgIpc) is 2.84. The number of fused-ring (bicyclic) bond motifs is 1. The van der Waals surface area contributed by atoms with Crippen molar-refractivity contribution in [3.05, 3.63) is 65.4 Å². The number of aromatic amines is 1. The maximum Gasteiger partial charge on any atom is 0.228 e. The molecular weight excluding hydrogens is 288 g/mol. The molecule has 0 saturated carbocycles. The molecule has 0 aliphatic carbocycles. The van der Waals surface area contributed by atoms with Gasteiger partial charge in [-0.05, 0) is 49.7 Å². The summed E-state index contributed by atoms with van der Waals surface area (Å²) in [6.45, 7) is 3.50. The van der Waals surface area contributed by atoms with Crippen LogP contribution in [-0.2, 0) is 11.2 Å². The molecule has 4 heteroatoms. The van der Waals surface area contributed by atoms with Crippen LogP contribution < -0.4 is 5.32 Å². The summed E-state index contributed by atoms with van der Waals surface area (Å²) in [5.74, 6) is -0.0641. The molecule has 0 aliphatic rings. The number of rotatable bonds is 4. The summed E-state index contributed by atoms with van der Waals surface area (Å²) < 4.78 is 0. The van der Waals surface area contributed by atoms with Gasteiger partial charge in [0.15, 0.2) is 5.78 Å². The first kappa shape index (κ1) is 15.0. The number of carbonyl (C=O) groups is 2. The highest BCUT2D eigenvalue weighted by Gasteiger charge is 2.12. The van der Waals surface area contributed by atoms with Gasteiger partial charge in [0, 0.05) is 27.8 Å². The number of benzene rings is 2. The third-order valence-electron chi connectivity index (χ3n) is 3.94. The molecule has 0 radical (unpaired) electrons. The largest absolute Gasteiger partial charge is 0.358 e. The summed E-state index contributed by atoms with van der Waals surface area (Å²) >= 11 is 0. The van der Waals surface area contributed by atoms with Crippen molar-refractivity contribution in [2.24, 2.45) is 0 Å². The quantitative estimate of drug-likeness (QED) is 0.719. The molecule has 1 amide bonds. The first-order valence-corrected chi connectivity index (χ1v) is 7.51. The number of hydrogen-bond acceptors (Lipinski definition) is 2. The summed E-state index contributed by atoms with van der Waals surface area (Å²) in [6.07, 6.45) is 0.310. The van der Waals surface area contributed by atoms with E-state index in [0.29, 0.717) is 17.7 Å². The van der Waals surface area contributed by atoms with Crippen LogP contribution >= 0.6 is 0 Å². The molecule has 23 heavy (non-hydrogen) atoms. The van der Waals surface area contributed by atoms with E-state index in [9.17, 15) is 9.59 Å². The van der Waals surface area contributed by atoms with E-state index in [4.69, 9.17) is 0 Å². The zero-order chi connectivity index (χ0) is 16.4. The Hall–Kier alpha value is -2.88. The number of hydrogen-bond donors (Lipinski definition) is 2. The SMILES string of the molecule is CC(=O)c1ccc(NC(=O)Cc2c(C)[nH]c3ccccc23)cc1. The number of para-hydroxylation sites is 1. The number of anilines is 1. The number of Topliss-reactive ketones (excluding diaryl/α,β-unsaturated/α-hetero) is 1. The molecular formula is C19H18N2O2. The minimum absolute atomic E-state index is 0.0114. The summed E-state index contributed by atoms with van der Waals surface area (Å²) in [5.41, 5.74) is 4.39. The Labute approximate surface area is 134 Å². The third-order valence-corrected chi connectivity index (χ3v) is 3.94. The van der Waals surface area contributed by atoms with Gasteiger partial charge >= 0.3 is 0 Å². The maximum atomic E-state index is 12.3. The van der Waals surface area contributed by atoms with Gasteiger partial charge in [0.2, 0.25) is 5.91 Å². The van der Waals surface area contributed by atoms with E-state index in [2.05, 4.69) is 10.3 Å². The van der Waals surface area contributed by atoms with Crippen LogP contribution in [0.5, 0.6) is 0 Å². The van der Waals surface area contributed by atoms with Gasteiger partial charge in [-0.25, -0.2) is 0 Å². The molecule has 0 fully saturated rings. The lowest BCUT2D eigenvalue weighted by molar-refractivity contribution is -0.115. The normalized spacial score (nSPS) is 10.7. The van der Waals surface area contributed by atoms with Crippen molar-refractivity contribution < 1.29 is 9.59 Å². The molecule has 0 atom stereocenters. The van der Waals surface area contributed by atoms with Gasteiger partial charge in [0.1, 0.15) is 0 Å². The Bertz CT molecular complexity index is 876. The second kappa shape index (κ2) is 6.08. The molecule has 4 nitrogen and oxygen atoms in total. The average molecular weight is 306 g/mol. The molecule has 0 spiro atoms. The monoisotopic (exact) mass is 306 g/mol. The minimum Gasteiger partial charge on any atom is -0.358 e. The van der Waals surface area contributed by atoms with E-state index >= 15 is 0 Å². The van der Waals surface area contributed by atoms with Crippen molar-refractivity contribution in [2.75, 3.05) is 5.32 Å². The zero-order valence-electron chi connectivity index (χ0n) is 13.1. The molecule has 1 aromatic heterocycles. The molecule has 0 aliphatic heterocycles. The van der Waals surface area contributed by atoms with E-state index in [1.807, 2.05) is 31.2 Å². The zero-order valence-corrected chi connectivity index (χ0v) is 13.1. The number of aryl methyl sites for hydroxylation is 1. The Kier molecular flexibility index (Phi) is 3.98. The molecule has 0 saturated heterocycles. The highest BCUT2D eigenvalue weighted by molar-refractivity contribution is 5.97. The fourth-order valence-corrected chi connectivity index (χ4v) is 2.72. The molecule has 2 aromatic carbocycles. The Morgan fingerprint density at radius 3 is 2.43 bits per heavy atom. The lowest BCUT2D eigenvalue weighted by Crippen LogP contribution is -2.14. The van der Waals surface area contributed by atoms with Crippen molar-refractivity contribution >= 4 is 28.3 Å². The van der Waals surface area contributed by atoms with Crippen LogP contribution in [0.2, 0.25) is 0 Å². The molecule has 0 unspecified atom stereocenters. The Morgan fingerprint density at radius 1 is 1.04 bits per heavy atom. The highest BCUT2D eigenvalue weighted by atomic mass is 16.1. The molecule has 0 bridgehead atoms. The second-order valence-electron chi connectivity index (χ2n) is 5.63. The smallest absolute Gasteiger partial charge is 0.228 e. The predicted octanol–water partition coefficient (Wildman–Crippen LogP) is 3.86. The fraction of sp³-hybridized carbons (Fsp3) is 0.158. The standard InChI is InChI=1S/C19H18N2O2/c1-12-17(16-5-3-4-6-18(16)20-12)11-19(23)21-15-9-7-14(8-10-15)13(2)22/h3-10,20H,11H2,1-2H3,(H,21,23). The van der Waals surface area contributed by atoms with Crippen LogP contribution in [-0.4, -0.2) is 16.7 Å². The van der Waals surface area contributed by atoms with Crippen LogP contribution in [0.1, 0.15) is 28.5 Å². The van der Waals surface area contributed by atoms with Gasteiger partial charge in [0.05, 0.1) is 6.42 Å². The van der Waals surface area contributed by atoms with Crippen LogP contribution in [0.4, 0.5) is 5.69 Å². The number of aromatic nitrogens is 1. The van der Waals surface area contributed by atoms with Crippen LogP contribution in [0.15, 0.2) is 48.5 Å². The van der Waals surface area contributed by atoms with Gasteiger partial charge in [-0.1, -0.05) is 18.2 Å². The Morgan fingerprint density at radius 2 is 1.74 bits per heavy atom. The van der Waals surface area contributed by atoms with Crippen molar-refractivity contribution in [2.45, 2.75) is 20.3 Å². The van der Waals surface area contributed by atoms with E-state index in [1.165, 1.54) is 6.92 Å². The van der Waals surface area contributed by atoms with Gasteiger partial charge in [-0.15, -0.1) is 0 Å². The summed E-state index contributed by atoms with van der Waals surface area (Å²) in [7, 11) is 0. The number of H-pyrrole nitrogens is 1. The van der Waals surface area contributed by atoms with Gasteiger partial charge in [-0.3, -0.25) is 9.59 Å². The van der Waals surface area contributed by atoms with Crippen LogP contribution in [0.25, 0.3) is 10.9 Å². The summed E-state index contributed by atoms with van der Waals surface area (Å²) in [5, 5.41) is 3.95. The lowest BCUT2D eigenvalue weighted by Gasteiger charge is -2.06. The molecule has 1 heterocycles. The number of nitrogens with one attached hydrogen (secondary N) is 2. The van der Waals surface area contributed by atoms with Crippen molar-refractivity contribution in [1.29, 1.82) is 0 Å². The molecule has 3 aromatic rings. The van der Waals surface area contributed by atoms with Crippen LogP contribution in [0.3, 0.4) is 0 Å². The number of ketones is 1. The topological polar surface area (TPSA) is 62.0 Å². The van der Waals surface area contributed by atoms with E-state index in [1.54, 1.807) is 24.3 Å². The van der Waals surface area contributed by atoms with E-state index in [-0.39, 0.29) is 11.7 Å². The highest BCUT2D eigenvalue weighted by Crippen LogP contribution is 2.22. The fourth-order valence-electron chi connectivity index (χ4n) is 2.72. The van der Waals surface area contributed by atoms with Gasteiger partial charge < -0.3 is 10.3 Å². The van der Waals surface area contributed by atoms with Crippen molar-refractivity contribution in [3.8, 4) is 0 Å². The second-order valence-corrected chi connectivity index (χ2v) is 5.63. The van der Waals surface area contributed by atoms with Crippen LogP contribution in [0, 0.1) is 6.92 Å². The minimum atomic E-state index is -0.0755. The van der Waals surface area contributed by atoms with Gasteiger partial charge in [0.25, 0.3) is 0 Å². The maximum absolute atomic E-state index is 12.3. The lowest BCUT2D eigenvalue weighted by atomic mass is 10.1. The first-order valence-electron chi connectivity index (χ1n) is 7.51. The first-order chi connectivity index (χ1) is 11.0. The molecule has 116 valence electrons. The van der Waals surface area contributed by atoms with E-state index in [0.717, 1.165) is 22.2 Å². The van der Waals surface area contributed by atoms with E-state index < -0.39 is 0 Å². The third kappa shape index (κ3) is 3.16.